The van der Waals surface area contributed by atoms with E-state index in [1.54, 1.807) is 0 Å². The van der Waals surface area contributed by atoms with Crippen molar-refractivity contribution in [2.24, 2.45) is 0 Å². The van der Waals surface area contributed by atoms with Crippen LogP contribution < -0.4 is 0 Å². The van der Waals surface area contributed by atoms with Gasteiger partial charge < -0.3 is 4.12 Å². The zero-order valence-electron chi connectivity index (χ0n) is 6.53. The second-order valence-electron chi connectivity index (χ2n) is 2.26. The van der Waals surface area contributed by atoms with E-state index in [1.165, 1.54) is 18.9 Å². The molecule has 3 radical (unpaired) electrons. The van der Waals surface area contributed by atoms with Gasteiger partial charge in [-0.3, -0.25) is 0 Å². The molecule has 0 N–H and O–H groups in total. The minimum Gasteiger partial charge on any atom is -0.456 e. The fourth-order valence-corrected chi connectivity index (χ4v) is 2.51. The Hall–Kier alpha value is 0.394. The molecule has 1 nitrogen and oxygen atoms in total. The molecule has 0 saturated heterocycles. The van der Waals surface area contributed by atoms with Gasteiger partial charge in [-0.15, -0.1) is 0 Å². The summed E-state index contributed by atoms with van der Waals surface area (Å²) in [6.07, 6.45) is 2.62. The van der Waals surface area contributed by atoms with E-state index >= 15 is 0 Å². The molecule has 3 heteroatoms. The van der Waals surface area contributed by atoms with Crippen molar-refractivity contribution in [3.8, 4) is 0 Å². The van der Waals surface area contributed by atoms with Crippen LogP contribution in [0.4, 0.5) is 0 Å². The van der Waals surface area contributed by atoms with Gasteiger partial charge in [-0.2, -0.15) is 0 Å². The summed E-state index contributed by atoms with van der Waals surface area (Å²) in [5.74, 6) is 0. The first-order valence-corrected chi connectivity index (χ1v) is 6.99. The van der Waals surface area contributed by atoms with Crippen molar-refractivity contribution in [1.82, 2.24) is 0 Å². The van der Waals surface area contributed by atoms with E-state index in [1.807, 2.05) is 0 Å². The molecule has 0 rings (SSSR count). The van der Waals surface area contributed by atoms with E-state index in [0.717, 1.165) is 9.76 Å². The smallest absolute Gasteiger partial charge is 0.214 e. The predicted octanol–water partition coefficient (Wildman–Crippen LogP) is 2.09. The molecule has 0 aromatic heterocycles. The highest BCUT2D eigenvalue weighted by Crippen LogP contribution is 1.94. The van der Waals surface area contributed by atoms with Crippen molar-refractivity contribution in [1.29, 1.82) is 0 Å². The maximum Gasteiger partial charge on any atom is 0.214 e. The normalized spacial score (nSPS) is 10.7. The molecule has 0 aromatic rings. The summed E-state index contributed by atoms with van der Waals surface area (Å²) in [7, 11) is 0.362. The highest BCUT2D eigenvalue weighted by Gasteiger charge is 1.95. The third kappa shape index (κ3) is 8.39. The molecule has 0 aliphatic heterocycles. The topological polar surface area (TPSA) is 9.23 Å². The lowest BCUT2D eigenvalue weighted by Crippen LogP contribution is -2.10. The molecular formula is C6H15OSi2. The highest BCUT2D eigenvalue weighted by atomic mass is 28.3. The summed E-state index contributed by atoms with van der Waals surface area (Å²) in [5.41, 5.74) is 0. The van der Waals surface area contributed by atoms with Crippen molar-refractivity contribution in [2.75, 3.05) is 0 Å². The second kappa shape index (κ2) is 6.51. The van der Waals surface area contributed by atoms with Crippen LogP contribution in [0.2, 0.25) is 19.1 Å². The molecule has 0 heterocycles. The van der Waals surface area contributed by atoms with E-state index in [9.17, 15) is 0 Å². The molecule has 0 atom stereocenters. The van der Waals surface area contributed by atoms with Gasteiger partial charge in [-0.25, -0.2) is 0 Å². The van der Waals surface area contributed by atoms with Crippen LogP contribution in [-0.4, -0.2) is 18.8 Å². The predicted molar refractivity (Wildman–Crippen MR) is 44.0 cm³/mol. The summed E-state index contributed by atoms with van der Waals surface area (Å²) < 4.78 is 5.47. The Kier molecular flexibility index (Phi) is 6.80. The third-order valence-corrected chi connectivity index (χ3v) is 3.68. The molecule has 0 spiro atoms. The Morgan fingerprint density at radius 1 is 1.44 bits per heavy atom. The van der Waals surface area contributed by atoms with Gasteiger partial charge in [-0.05, 0) is 19.1 Å². The van der Waals surface area contributed by atoms with Gasteiger partial charge in [0.15, 0.2) is 9.04 Å². The van der Waals surface area contributed by atoms with Crippen molar-refractivity contribution >= 4 is 18.8 Å². The Balaban J connectivity index is 2.75. The van der Waals surface area contributed by atoms with Gasteiger partial charge in [0.1, 0.15) is 0 Å². The second-order valence-corrected chi connectivity index (χ2v) is 5.68. The SMILES string of the molecule is CCCC[Si]O[Si](C)C. The molecule has 9 heavy (non-hydrogen) atoms. The summed E-state index contributed by atoms with van der Waals surface area (Å²) in [4.78, 5) is 0. The Labute approximate surface area is 62.5 Å². The van der Waals surface area contributed by atoms with Crippen molar-refractivity contribution in [3.05, 3.63) is 0 Å². The van der Waals surface area contributed by atoms with Gasteiger partial charge in [-0.1, -0.05) is 19.8 Å². The molecule has 0 amide bonds. The number of rotatable bonds is 5. The summed E-state index contributed by atoms with van der Waals surface area (Å²) >= 11 is 0. The van der Waals surface area contributed by atoms with Gasteiger partial charge in [0.05, 0.1) is 0 Å². The molecule has 0 saturated carbocycles. The summed E-state index contributed by atoms with van der Waals surface area (Å²) in [6.45, 7) is 6.58. The fraction of sp³-hybridized carbons (Fsp3) is 1.00. The molecule has 0 aliphatic rings. The monoisotopic (exact) mass is 159 g/mol. The van der Waals surface area contributed by atoms with E-state index in [-0.39, 0.29) is 0 Å². The zero-order chi connectivity index (χ0) is 7.11. The zero-order valence-corrected chi connectivity index (χ0v) is 8.53. The van der Waals surface area contributed by atoms with E-state index in [0.29, 0.717) is 0 Å². The fourth-order valence-electron chi connectivity index (χ4n) is 0.444. The molecule has 0 fully saturated rings. The lowest BCUT2D eigenvalue weighted by atomic mass is 10.4. The first kappa shape index (κ1) is 9.39. The minimum atomic E-state index is -0.403. The Morgan fingerprint density at radius 2 is 2.11 bits per heavy atom. The van der Waals surface area contributed by atoms with Crippen LogP contribution in [0.15, 0.2) is 0 Å². The molecule has 0 bridgehead atoms. The highest BCUT2D eigenvalue weighted by molar-refractivity contribution is 6.56. The van der Waals surface area contributed by atoms with Gasteiger partial charge in [0, 0.05) is 0 Å². The van der Waals surface area contributed by atoms with Crippen molar-refractivity contribution in [2.45, 2.75) is 38.9 Å². The number of hydrogen-bond acceptors (Lipinski definition) is 1. The molecule has 0 aliphatic carbocycles. The van der Waals surface area contributed by atoms with Crippen LogP contribution in [0.25, 0.3) is 0 Å². The standard InChI is InChI=1S/C6H15OSi2/c1-4-5-6-8-7-9(2)3/h4-6H2,1-3H3. The molecular weight excluding hydrogens is 144 g/mol. The largest absolute Gasteiger partial charge is 0.456 e. The molecule has 53 valence electrons. The van der Waals surface area contributed by atoms with Crippen LogP contribution >= 0.6 is 0 Å². The van der Waals surface area contributed by atoms with E-state index < -0.39 is 9.04 Å². The molecule has 0 unspecified atom stereocenters. The van der Waals surface area contributed by atoms with Crippen molar-refractivity contribution in [3.63, 3.8) is 0 Å². The first-order chi connectivity index (χ1) is 4.27. The number of unbranched alkanes of at least 4 members (excludes halogenated alkanes) is 1. The molecule has 0 aromatic carbocycles. The average molecular weight is 159 g/mol. The quantitative estimate of drug-likeness (QED) is 0.441. The number of hydrogen-bond donors (Lipinski definition) is 0. The van der Waals surface area contributed by atoms with Crippen LogP contribution in [0, 0.1) is 0 Å². The van der Waals surface area contributed by atoms with Crippen molar-refractivity contribution < 1.29 is 4.12 Å². The van der Waals surface area contributed by atoms with Gasteiger partial charge in [0.25, 0.3) is 0 Å². The summed E-state index contributed by atoms with van der Waals surface area (Å²) in [5, 5.41) is 0. The Bertz CT molecular complexity index is 57.0. The average Bonchev–Trinajstić information content (AvgIpc) is 1.80. The van der Waals surface area contributed by atoms with Crippen LogP contribution in [0.1, 0.15) is 19.8 Å². The minimum absolute atomic E-state index is 0.403. The van der Waals surface area contributed by atoms with Crippen LogP contribution in [0.5, 0.6) is 0 Å². The lowest BCUT2D eigenvalue weighted by molar-refractivity contribution is 0.615. The maximum atomic E-state index is 5.47. The van der Waals surface area contributed by atoms with Gasteiger partial charge >= 0.3 is 0 Å². The van der Waals surface area contributed by atoms with E-state index in [2.05, 4.69) is 20.0 Å². The third-order valence-electron chi connectivity index (χ3n) is 0.909. The maximum absolute atomic E-state index is 5.47. The summed E-state index contributed by atoms with van der Waals surface area (Å²) in [6, 6.07) is 1.27. The lowest BCUT2D eigenvalue weighted by Gasteiger charge is -2.01. The van der Waals surface area contributed by atoms with Crippen LogP contribution in [-0.2, 0) is 4.12 Å². The van der Waals surface area contributed by atoms with Gasteiger partial charge in [0.2, 0.25) is 9.76 Å². The Morgan fingerprint density at radius 3 is 2.56 bits per heavy atom. The van der Waals surface area contributed by atoms with Crippen LogP contribution in [0.3, 0.4) is 0 Å². The first-order valence-electron chi connectivity index (χ1n) is 3.47. The van der Waals surface area contributed by atoms with E-state index in [4.69, 9.17) is 4.12 Å².